The van der Waals surface area contributed by atoms with E-state index in [9.17, 15) is 22.8 Å². The van der Waals surface area contributed by atoms with Crippen molar-refractivity contribution in [2.24, 2.45) is 0 Å². The quantitative estimate of drug-likeness (QED) is 0.555. The zero-order chi connectivity index (χ0) is 22.4. The van der Waals surface area contributed by atoms with Crippen LogP contribution >= 0.6 is 0 Å². The van der Waals surface area contributed by atoms with Gasteiger partial charge in [0.05, 0.1) is 17.1 Å². The van der Waals surface area contributed by atoms with Crippen LogP contribution in [-0.2, 0) is 25.9 Å². The molecule has 1 aromatic heterocycles. The summed E-state index contributed by atoms with van der Waals surface area (Å²) in [5.74, 6) is -1.07. The van der Waals surface area contributed by atoms with Gasteiger partial charge in [0.1, 0.15) is 6.54 Å². The molecule has 0 aliphatic heterocycles. The van der Waals surface area contributed by atoms with Gasteiger partial charge in [0.25, 0.3) is 5.56 Å². The summed E-state index contributed by atoms with van der Waals surface area (Å²) in [6.07, 6.45) is 0. The summed E-state index contributed by atoms with van der Waals surface area (Å²) in [7, 11) is -3.94. The lowest BCUT2D eigenvalue weighted by molar-refractivity contribution is -0.117. The second-order valence-corrected chi connectivity index (χ2v) is 8.23. The zero-order valence-electron chi connectivity index (χ0n) is 16.5. The molecule has 0 spiro atoms. The molecule has 10 heteroatoms. The monoisotopic (exact) mass is 441 g/mol. The summed E-state index contributed by atoms with van der Waals surface area (Å²) in [5, 5.41) is 6.08. The highest BCUT2D eigenvalue weighted by Gasteiger charge is 2.20. The number of nitrogens with one attached hydrogen (secondary N) is 1. The van der Waals surface area contributed by atoms with Gasteiger partial charge in [-0.25, -0.2) is 17.9 Å². The van der Waals surface area contributed by atoms with Crippen molar-refractivity contribution in [3.8, 4) is 0 Å². The van der Waals surface area contributed by atoms with E-state index in [4.69, 9.17) is 4.74 Å². The van der Waals surface area contributed by atoms with E-state index in [1.54, 1.807) is 25.1 Å². The molecule has 160 valence electrons. The number of amides is 1. The van der Waals surface area contributed by atoms with Gasteiger partial charge in [-0.3, -0.25) is 9.59 Å². The number of rotatable bonds is 7. The molecule has 0 saturated heterocycles. The lowest BCUT2D eigenvalue weighted by Crippen LogP contribution is -2.30. The Morgan fingerprint density at radius 1 is 1.00 bits per heavy atom. The van der Waals surface area contributed by atoms with Gasteiger partial charge in [-0.15, -0.1) is 0 Å². The van der Waals surface area contributed by atoms with Crippen LogP contribution in [0.2, 0.25) is 0 Å². The second-order valence-electron chi connectivity index (χ2n) is 6.33. The number of anilines is 1. The number of carbonyl (C=O) groups excluding carboxylic acids is 2. The number of ether oxygens (including phenoxy) is 1. The van der Waals surface area contributed by atoms with Crippen molar-refractivity contribution in [3.63, 3.8) is 0 Å². The molecule has 0 aliphatic rings. The molecule has 0 radical (unpaired) electrons. The smallest absolute Gasteiger partial charge is 0.338 e. The van der Waals surface area contributed by atoms with Gasteiger partial charge in [-0.1, -0.05) is 18.2 Å². The van der Waals surface area contributed by atoms with Crippen molar-refractivity contribution in [2.45, 2.75) is 23.4 Å². The minimum atomic E-state index is -3.94. The molecule has 31 heavy (non-hydrogen) atoms. The number of hydrogen-bond donors (Lipinski definition) is 1. The lowest BCUT2D eigenvalue weighted by Gasteiger charge is -2.09. The molecule has 1 amide bonds. The van der Waals surface area contributed by atoms with Crippen LogP contribution in [-0.4, -0.2) is 36.7 Å². The Kier molecular flexibility index (Phi) is 6.61. The maximum atomic E-state index is 12.7. The topological polar surface area (TPSA) is 124 Å². The predicted octanol–water partition coefficient (Wildman–Crippen LogP) is 1.89. The van der Waals surface area contributed by atoms with Gasteiger partial charge < -0.3 is 10.1 Å². The van der Waals surface area contributed by atoms with Gasteiger partial charge >= 0.3 is 5.97 Å². The summed E-state index contributed by atoms with van der Waals surface area (Å²) in [4.78, 5) is 36.1. The first-order valence-corrected chi connectivity index (χ1v) is 10.7. The van der Waals surface area contributed by atoms with Crippen LogP contribution in [0.15, 0.2) is 81.4 Å². The third-order valence-corrected chi connectivity index (χ3v) is 5.81. The van der Waals surface area contributed by atoms with E-state index in [1.807, 2.05) is 0 Å². The van der Waals surface area contributed by atoms with E-state index in [0.29, 0.717) is 11.3 Å². The van der Waals surface area contributed by atoms with Crippen LogP contribution in [0.5, 0.6) is 0 Å². The van der Waals surface area contributed by atoms with E-state index >= 15 is 0 Å². The molecule has 3 aromatic rings. The molecule has 1 N–H and O–H groups in total. The first kappa shape index (κ1) is 21.9. The summed E-state index contributed by atoms with van der Waals surface area (Å²) in [5.41, 5.74) is 0.0931. The average molecular weight is 441 g/mol. The minimum Gasteiger partial charge on any atom is -0.462 e. The summed E-state index contributed by atoms with van der Waals surface area (Å²) in [6.45, 7) is 1.46. The minimum absolute atomic E-state index is 0.0267. The number of hydrogen-bond acceptors (Lipinski definition) is 7. The summed E-state index contributed by atoms with van der Waals surface area (Å²) in [6, 6.07) is 15.8. The Morgan fingerprint density at radius 2 is 1.68 bits per heavy atom. The van der Waals surface area contributed by atoms with Crippen LogP contribution in [0.1, 0.15) is 17.3 Å². The van der Waals surface area contributed by atoms with Crippen molar-refractivity contribution in [1.29, 1.82) is 0 Å². The first-order valence-electron chi connectivity index (χ1n) is 9.26. The molecular formula is C21H19N3O6S. The fourth-order valence-electron chi connectivity index (χ4n) is 2.65. The number of esters is 1. The third-order valence-electron chi connectivity index (χ3n) is 4.14. The van der Waals surface area contributed by atoms with Crippen molar-refractivity contribution in [2.75, 3.05) is 11.9 Å². The number of sulfone groups is 1. The number of nitrogens with zero attached hydrogens (tertiary/aromatic N) is 2. The van der Waals surface area contributed by atoms with Crippen molar-refractivity contribution < 1.29 is 22.7 Å². The number of carbonyl (C=O) groups is 2. The van der Waals surface area contributed by atoms with Crippen LogP contribution in [0, 0.1) is 0 Å². The summed E-state index contributed by atoms with van der Waals surface area (Å²) < 4.78 is 31.0. The highest BCUT2D eigenvalue weighted by Crippen LogP contribution is 2.17. The van der Waals surface area contributed by atoms with Gasteiger partial charge in [0.2, 0.25) is 15.7 Å². The molecule has 0 fully saturated rings. The molecule has 9 nitrogen and oxygen atoms in total. The van der Waals surface area contributed by atoms with Crippen LogP contribution < -0.4 is 10.9 Å². The Bertz CT molecular complexity index is 1250. The SMILES string of the molecule is CCOC(=O)c1ccc(NC(=O)Cn2nc(S(=O)(=O)c3ccccc3)ccc2=O)cc1. The Morgan fingerprint density at radius 3 is 2.32 bits per heavy atom. The van der Waals surface area contributed by atoms with E-state index in [-0.39, 0.29) is 16.5 Å². The Hall–Kier alpha value is -3.79. The van der Waals surface area contributed by atoms with Crippen molar-refractivity contribution in [1.82, 2.24) is 9.78 Å². The highest BCUT2D eigenvalue weighted by atomic mass is 32.2. The molecule has 1 heterocycles. The van der Waals surface area contributed by atoms with Crippen LogP contribution in [0.3, 0.4) is 0 Å². The average Bonchev–Trinajstić information content (AvgIpc) is 2.76. The number of aromatic nitrogens is 2. The second kappa shape index (κ2) is 9.35. The molecular weight excluding hydrogens is 422 g/mol. The van der Waals surface area contributed by atoms with Crippen molar-refractivity contribution >= 4 is 27.4 Å². The normalized spacial score (nSPS) is 11.0. The Labute approximate surface area is 178 Å². The first-order chi connectivity index (χ1) is 14.8. The van der Waals surface area contributed by atoms with Crippen molar-refractivity contribution in [3.05, 3.63) is 82.6 Å². The highest BCUT2D eigenvalue weighted by molar-refractivity contribution is 7.91. The zero-order valence-corrected chi connectivity index (χ0v) is 17.3. The predicted molar refractivity (Wildman–Crippen MR) is 111 cm³/mol. The standard InChI is InChI=1S/C21H19N3O6S/c1-2-30-21(27)15-8-10-16(11-9-15)22-18(25)14-24-20(26)13-12-19(23-24)31(28,29)17-6-4-3-5-7-17/h3-13H,2,14H2,1H3,(H,22,25). The molecule has 0 unspecified atom stereocenters. The molecule has 2 aromatic carbocycles. The maximum absolute atomic E-state index is 12.7. The fourth-order valence-corrected chi connectivity index (χ4v) is 3.86. The van der Waals surface area contributed by atoms with Gasteiger partial charge in [0.15, 0.2) is 5.03 Å². The van der Waals surface area contributed by atoms with E-state index in [2.05, 4.69) is 10.4 Å². The van der Waals surface area contributed by atoms with Gasteiger partial charge in [-0.2, -0.15) is 5.10 Å². The largest absolute Gasteiger partial charge is 0.462 e. The van der Waals surface area contributed by atoms with Gasteiger partial charge in [0, 0.05) is 11.8 Å². The molecule has 0 aliphatic carbocycles. The number of benzene rings is 2. The fraction of sp³-hybridized carbons (Fsp3) is 0.143. The van der Waals surface area contributed by atoms with E-state index in [0.717, 1.165) is 16.8 Å². The van der Waals surface area contributed by atoms with E-state index in [1.165, 1.54) is 36.4 Å². The van der Waals surface area contributed by atoms with Crippen LogP contribution in [0.25, 0.3) is 0 Å². The van der Waals surface area contributed by atoms with Crippen LogP contribution in [0.4, 0.5) is 5.69 Å². The maximum Gasteiger partial charge on any atom is 0.338 e. The Balaban J connectivity index is 1.75. The lowest BCUT2D eigenvalue weighted by atomic mass is 10.2. The third kappa shape index (κ3) is 5.23. The van der Waals surface area contributed by atoms with Gasteiger partial charge in [-0.05, 0) is 49.4 Å². The van der Waals surface area contributed by atoms with E-state index < -0.39 is 33.8 Å². The summed E-state index contributed by atoms with van der Waals surface area (Å²) >= 11 is 0. The molecule has 0 bridgehead atoms. The molecule has 0 saturated carbocycles. The molecule has 0 atom stereocenters. The molecule has 3 rings (SSSR count).